The number of rotatable bonds is 4. The van der Waals surface area contributed by atoms with E-state index in [0.29, 0.717) is 10.6 Å². The van der Waals surface area contributed by atoms with E-state index >= 15 is 0 Å². The summed E-state index contributed by atoms with van der Waals surface area (Å²) in [4.78, 5) is 4.08. The summed E-state index contributed by atoms with van der Waals surface area (Å²) >= 11 is 1.98. The first-order valence-electron chi connectivity index (χ1n) is 5.75. The van der Waals surface area contributed by atoms with Crippen LogP contribution in [0, 0.1) is 0 Å². The molecule has 0 amide bonds. The summed E-state index contributed by atoms with van der Waals surface area (Å²) in [6, 6.07) is 3.91. The number of hydrogen-bond donors (Lipinski definition) is 2. The molecule has 1 saturated carbocycles. The zero-order valence-corrected chi connectivity index (χ0v) is 10.5. The summed E-state index contributed by atoms with van der Waals surface area (Å²) in [7, 11) is 0. The molecule has 0 atom stereocenters. The van der Waals surface area contributed by atoms with Crippen molar-refractivity contribution in [1.82, 2.24) is 4.98 Å². The average Bonchev–Trinajstić information content (AvgIpc) is 2.78. The lowest BCUT2D eigenvalue weighted by Gasteiger charge is -2.27. The molecule has 1 aliphatic rings. The molecule has 3 nitrogen and oxygen atoms in total. The number of thioether (sulfide) groups is 1. The Hall–Kier alpha value is -0.900. The van der Waals surface area contributed by atoms with Crippen LogP contribution in [0.15, 0.2) is 18.3 Å². The number of nitrogen functional groups attached to an aromatic ring is 1. The molecule has 1 heterocycles. The van der Waals surface area contributed by atoms with Crippen LogP contribution in [-0.2, 0) is 0 Å². The Bertz CT molecular complexity index is 348. The molecule has 1 fully saturated rings. The molecule has 0 spiro atoms. The van der Waals surface area contributed by atoms with Crippen LogP contribution in [0.2, 0.25) is 0 Å². The van der Waals surface area contributed by atoms with E-state index in [1.54, 1.807) is 6.20 Å². The first-order chi connectivity index (χ1) is 7.76. The quantitative estimate of drug-likeness (QED) is 0.845. The van der Waals surface area contributed by atoms with E-state index in [-0.39, 0.29) is 0 Å². The highest BCUT2D eigenvalue weighted by Crippen LogP contribution is 2.40. The maximum absolute atomic E-state index is 5.81. The van der Waals surface area contributed by atoms with Crippen LogP contribution in [0.1, 0.15) is 25.7 Å². The number of anilines is 2. The average molecular weight is 237 g/mol. The lowest BCUT2D eigenvalue weighted by Crippen LogP contribution is -2.30. The maximum atomic E-state index is 5.81. The third-order valence-electron chi connectivity index (χ3n) is 3.39. The van der Waals surface area contributed by atoms with Gasteiger partial charge in [-0.1, -0.05) is 12.8 Å². The predicted octanol–water partition coefficient (Wildman–Crippen LogP) is 2.75. The van der Waals surface area contributed by atoms with Crippen molar-refractivity contribution in [3.8, 4) is 0 Å². The Kier molecular flexibility index (Phi) is 3.59. The third-order valence-corrected chi connectivity index (χ3v) is 4.81. The van der Waals surface area contributed by atoms with E-state index in [2.05, 4.69) is 16.6 Å². The van der Waals surface area contributed by atoms with Gasteiger partial charge in [0.15, 0.2) is 0 Å². The van der Waals surface area contributed by atoms with Crippen molar-refractivity contribution < 1.29 is 0 Å². The fraction of sp³-hybridized carbons (Fsp3) is 0.583. The number of pyridine rings is 1. The highest BCUT2D eigenvalue weighted by molar-refractivity contribution is 8.00. The number of aromatic nitrogens is 1. The number of nitrogens with one attached hydrogen (secondary N) is 1. The summed E-state index contributed by atoms with van der Waals surface area (Å²) < 4.78 is 0.405. The Morgan fingerprint density at radius 2 is 2.25 bits per heavy atom. The van der Waals surface area contributed by atoms with Gasteiger partial charge in [0.05, 0.1) is 5.69 Å². The third kappa shape index (κ3) is 2.43. The lowest BCUT2D eigenvalue weighted by molar-refractivity contribution is 0.640. The van der Waals surface area contributed by atoms with Crippen molar-refractivity contribution in [2.75, 3.05) is 23.9 Å². The summed E-state index contributed by atoms with van der Waals surface area (Å²) in [5.41, 5.74) is 6.77. The fourth-order valence-corrected chi connectivity index (χ4v) is 3.21. The van der Waals surface area contributed by atoms with Crippen molar-refractivity contribution in [3.05, 3.63) is 18.3 Å². The van der Waals surface area contributed by atoms with Crippen LogP contribution >= 0.6 is 11.8 Å². The van der Waals surface area contributed by atoms with E-state index in [4.69, 9.17) is 5.73 Å². The van der Waals surface area contributed by atoms with Crippen molar-refractivity contribution in [2.24, 2.45) is 0 Å². The van der Waals surface area contributed by atoms with E-state index < -0.39 is 0 Å². The second-order valence-electron chi connectivity index (χ2n) is 4.38. The molecule has 0 unspecified atom stereocenters. The second kappa shape index (κ2) is 4.95. The van der Waals surface area contributed by atoms with Gasteiger partial charge in [0.1, 0.15) is 5.82 Å². The first kappa shape index (κ1) is 11.6. The molecule has 0 aromatic carbocycles. The van der Waals surface area contributed by atoms with Crippen LogP contribution in [-0.4, -0.2) is 22.5 Å². The van der Waals surface area contributed by atoms with Crippen LogP contribution in [0.3, 0.4) is 0 Å². The zero-order valence-electron chi connectivity index (χ0n) is 9.70. The minimum atomic E-state index is 0.405. The molecule has 88 valence electrons. The van der Waals surface area contributed by atoms with Crippen molar-refractivity contribution >= 4 is 23.3 Å². The first-order valence-corrected chi connectivity index (χ1v) is 6.98. The van der Waals surface area contributed by atoms with Gasteiger partial charge in [-0.25, -0.2) is 4.98 Å². The molecule has 3 N–H and O–H groups in total. The molecular formula is C12H19N3S. The van der Waals surface area contributed by atoms with Gasteiger partial charge in [-0.05, 0) is 31.2 Å². The summed E-state index contributed by atoms with van der Waals surface area (Å²) in [6.07, 6.45) is 9.25. The van der Waals surface area contributed by atoms with Crippen LogP contribution in [0.4, 0.5) is 11.5 Å². The minimum absolute atomic E-state index is 0.405. The molecule has 1 aromatic rings. The zero-order chi connectivity index (χ0) is 11.4. The largest absolute Gasteiger partial charge is 0.382 e. The van der Waals surface area contributed by atoms with Crippen LogP contribution in [0.5, 0.6) is 0 Å². The smallest absolute Gasteiger partial charge is 0.146 e. The summed E-state index contributed by atoms with van der Waals surface area (Å²) in [5, 5.41) is 3.44. The molecular weight excluding hydrogens is 218 g/mol. The lowest BCUT2D eigenvalue weighted by atomic mass is 10.1. The second-order valence-corrected chi connectivity index (χ2v) is 5.66. The highest BCUT2D eigenvalue weighted by atomic mass is 32.2. The number of nitrogens with zero attached hydrogens (tertiary/aromatic N) is 1. The fourth-order valence-electron chi connectivity index (χ4n) is 2.30. The van der Waals surface area contributed by atoms with Gasteiger partial charge in [-0.2, -0.15) is 11.8 Å². The molecule has 1 aliphatic carbocycles. The van der Waals surface area contributed by atoms with Crippen molar-refractivity contribution in [1.29, 1.82) is 0 Å². The molecule has 1 aromatic heterocycles. The number of nitrogens with two attached hydrogens (primary N) is 1. The normalized spacial score (nSPS) is 18.6. The van der Waals surface area contributed by atoms with Crippen LogP contribution in [0.25, 0.3) is 0 Å². The molecule has 0 saturated heterocycles. The minimum Gasteiger partial charge on any atom is -0.382 e. The van der Waals surface area contributed by atoms with Gasteiger partial charge in [0.25, 0.3) is 0 Å². The molecule has 0 bridgehead atoms. The monoisotopic (exact) mass is 237 g/mol. The Balaban J connectivity index is 1.98. The topological polar surface area (TPSA) is 50.9 Å². The van der Waals surface area contributed by atoms with E-state index in [1.807, 2.05) is 23.9 Å². The van der Waals surface area contributed by atoms with Gasteiger partial charge < -0.3 is 11.1 Å². The molecule has 2 rings (SSSR count). The van der Waals surface area contributed by atoms with Gasteiger partial charge >= 0.3 is 0 Å². The van der Waals surface area contributed by atoms with E-state index in [9.17, 15) is 0 Å². The Labute approximate surface area is 101 Å². The number of hydrogen-bond acceptors (Lipinski definition) is 4. The van der Waals surface area contributed by atoms with E-state index in [0.717, 1.165) is 12.2 Å². The molecule has 16 heavy (non-hydrogen) atoms. The van der Waals surface area contributed by atoms with Crippen molar-refractivity contribution in [3.63, 3.8) is 0 Å². The van der Waals surface area contributed by atoms with Gasteiger partial charge in [0, 0.05) is 17.5 Å². The molecule has 0 radical (unpaired) electrons. The van der Waals surface area contributed by atoms with Gasteiger partial charge in [-0.15, -0.1) is 0 Å². The van der Waals surface area contributed by atoms with Gasteiger partial charge in [-0.3, -0.25) is 0 Å². The summed E-state index contributed by atoms with van der Waals surface area (Å²) in [6.45, 7) is 0.990. The highest BCUT2D eigenvalue weighted by Gasteiger charge is 2.32. The summed E-state index contributed by atoms with van der Waals surface area (Å²) in [5.74, 6) is 0.594. The van der Waals surface area contributed by atoms with Crippen LogP contribution < -0.4 is 11.1 Å². The molecule has 0 aliphatic heterocycles. The van der Waals surface area contributed by atoms with Crippen molar-refractivity contribution in [2.45, 2.75) is 30.4 Å². The Morgan fingerprint density at radius 3 is 2.88 bits per heavy atom. The SMILES string of the molecule is CSC1(CNc2cccnc2N)CCCC1. The molecule has 4 heteroatoms. The van der Waals surface area contributed by atoms with Gasteiger partial charge in [0.2, 0.25) is 0 Å². The Morgan fingerprint density at radius 1 is 1.50 bits per heavy atom. The maximum Gasteiger partial charge on any atom is 0.146 e. The predicted molar refractivity (Wildman–Crippen MR) is 71.9 cm³/mol. The standard InChI is InChI=1S/C12H19N3S/c1-16-12(6-2-3-7-12)9-15-10-5-4-8-14-11(10)13/h4-5,8,15H,2-3,6-7,9H2,1H3,(H2,13,14). The van der Waals surface area contributed by atoms with E-state index in [1.165, 1.54) is 25.7 Å².